The molecule has 0 bridgehead atoms. The van der Waals surface area contributed by atoms with E-state index in [2.05, 4.69) is 133 Å². The zero-order valence-electron chi connectivity index (χ0n) is 33.7. The van der Waals surface area contributed by atoms with Gasteiger partial charge in [0.25, 0.3) is 0 Å². The number of ether oxygens (including phenoxy) is 2. The summed E-state index contributed by atoms with van der Waals surface area (Å²) >= 11 is 0. The van der Waals surface area contributed by atoms with Crippen molar-refractivity contribution in [3.05, 3.63) is 24.3 Å². The Morgan fingerprint density at radius 1 is 0.833 bits per heavy atom. The van der Waals surface area contributed by atoms with E-state index in [-0.39, 0.29) is 57.3 Å². The zero-order valence-corrected chi connectivity index (χ0v) is 36.7. The third-order valence-electron chi connectivity index (χ3n) is 11.5. The number of allylic oxidation sites excluding steroid dienone is 1. The molecule has 0 unspecified atom stereocenters. The van der Waals surface area contributed by atoms with E-state index >= 15 is 0 Å². The van der Waals surface area contributed by atoms with Gasteiger partial charge in [0.2, 0.25) is 0 Å². The molecule has 0 amide bonds. The van der Waals surface area contributed by atoms with E-state index in [4.69, 9.17) is 22.8 Å². The summed E-state index contributed by atoms with van der Waals surface area (Å²) in [6.45, 7) is 37.8. The van der Waals surface area contributed by atoms with Crippen molar-refractivity contribution in [2.24, 2.45) is 11.8 Å². The fraction of sp³-hybridized carbons (Fsp3) is 0.842. The average Bonchev–Trinajstić information content (AvgIpc) is 3.64. The van der Waals surface area contributed by atoms with Crippen LogP contribution in [-0.2, 0) is 32.3 Å². The number of fused-ring (bicyclic) bond motifs is 1. The van der Waals surface area contributed by atoms with Crippen molar-refractivity contribution in [1.29, 1.82) is 0 Å². The highest BCUT2D eigenvalue weighted by Gasteiger charge is 2.47. The van der Waals surface area contributed by atoms with Crippen LogP contribution in [0.3, 0.4) is 0 Å². The Balaban J connectivity index is 2.57. The number of carbonyl (C=O) groups excluding carboxylic acids is 2. The average molecular weight is 725 g/mol. The van der Waals surface area contributed by atoms with Crippen LogP contribution in [0.1, 0.15) is 102 Å². The largest absolute Gasteiger partial charge is 0.460 e. The minimum absolute atomic E-state index is 0.0267. The molecule has 10 heteroatoms. The van der Waals surface area contributed by atoms with E-state index in [0.717, 1.165) is 6.29 Å². The fourth-order valence-corrected chi connectivity index (χ4v) is 8.84. The molecule has 0 saturated carbocycles. The van der Waals surface area contributed by atoms with Gasteiger partial charge < -0.3 is 27.5 Å². The number of cyclic esters (lactones) is 1. The number of hydrogen-bond acceptors (Lipinski definition) is 7. The standard InChI is InChI=1S/C38H72O7Si3/c1-27-19-18-20-30(43-46(12,13)36(3,4)5)31(44-47(14,15)37(6,7)8)22-21-29-32(41-29)25-33(42-35(40)24-27)34(23-28(2)26-39)45-48(16,17)38(9,10)11/h18,20-22,26-34H,19,23-25H2,1-17H3/b20-18+,22-21+/t27-,28+,29-,30-,31-,32-,33-,34-/m0/s1. The van der Waals surface area contributed by atoms with Gasteiger partial charge in [-0.25, -0.2) is 0 Å². The number of epoxide rings is 1. The Hall–Kier alpha value is -0.889. The fourth-order valence-electron chi connectivity index (χ4n) is 4.99. The molecule has 0 aromatic carbocycles. The van der Waals surface area contributed by atoms with Gasteiger partial charge in [0, 0.05) is 18.8 Å². The maximum absolute atomic E-state index is 13.5. The second-order valence-electron chi connectivity index (χ2n) is 19.2. The molecule has 2 aliphatic rings. The lowest BCUT2D eigenvalue weighted by molar-refractivity contribution is -0.156. The predicted molar refractivity (Wildman–Crippen MR) is 206 cm³/mol. The van der Waals surface area contributed by atoms with Gasteiger partial charge in [-0.1, -0.05) is 100 Å². The van der Waals surface area contributed by atoms with Gasteiger partial charge in [-0.3, -0.25) is 4.79 Å². The van der Waals surface area contributed by atoms with Gasteiger partial charge in [-0.05, 0) is 73.2 Å². The molecule has 2 heterocycles. The van der Waals surface area contributed by atoms with E-state index in [1.807, 2.05) is 6.92 Å². The molecule has 278 valence electrons. The normalized spacial score (nSPS) is 29.8. The molecular weight excluding hydrogens is 653 g/mol. The third-order valence-corrected chi connectivity index (χ3v) is 25.0. The molecule has 0 radical (unpaired) electrons. The molecule has 1 saturated heterocycles. The molecule has 0 aromatic rings. The van der Waals surface area contributed by atoms with Crippen molar-refractivity contribution in [2.75, 3.05) is 0 Å². The second-order valence-corrected chi connectivity index (χ2v) is 33.5. The monoisotopic (exact) mass is 724 g/mol. The SMILES string of the molecule is C[C@H]1C/C=C/[C@H](O[Si](C)(C)C(C)(C)C)[C@@H](O[Si](C)(C)C(C)(C)C)/C=C/[C@@H]2O[C@H]2C[C@@H]([C@H](C[C@@H](C)C=O)O[Si](C)(C)C(C)(C)C)OC(=O)C1. The van der Waals surface area contributed by atoms with Crippen LogP contribution in [0.4, 0.5) is 0 Å². The maximum atomic E-state index is 13.5. The highest BCUT2D eigenvalue weighted by molar-refractivity contribution is 6.75. The molecule has 8 atom stereocenters. The lowest BCUT2D eigenvalue weighted by Gasteiger charge is -2.44. The number of hydrogen-bond donors (Lipinski definition) is 0. The molecule has 48 heavy (non-hydrogen) atoms. The molecule has 2 rings (SSSR count). The lowest BCUT2D eigenvalue weighted by Crippen LogP contribution is -2.51. The minimum Gasteiger partial charge on any atom is -0.460 e. The summed E-state index contributed by atoms with van der Waals surface area (Å²) in [4.78, 5) is 25.3. The Bertz CT molecular complexity index is 1130. The molecule has 2 aliphatic heterocycles. The van der Waals surface area contributed by atoms with Crippen molar-refractivity contribution in [3.63, 3.8) is 0 Å². The van der Waals surface area contributed by atoms with E-state index in [1.165, 1.54) is 0 Å². The number of rotatable bonds is 10. The molecule has 0 aliphatic carbocycles. The number of esters is 1. The summed E-state index contributed by atoms with van der Waals surface area (Å²) in [6.07, 6.45) is 9.89. The zero-order chi connectivity index (χ0) is 37.1. The second kappa shape index (κ2) is 16.2. The summed E-state index contributed by atoms with van der Waals surface area (Å²) in [5.74, 6) is -0.387. The van der Waals surface area contributed by atoms with Crippen LogP contribution in [0.2, 0.25) is 54.4 Å². The van der Waals surface area contributed by atoms with Crippen LogP contribution in [0.25, 0.3) is 0 Å². The van der Waals surface area contributed by atoms with Crippen LogP contribution in [0, 0.1) is 11.8 Å². The van der Waals surface area contributed by atoms with Crippen molar-refractivity contribution < 1.29 is 32.3 Å². The molecular formula is C38H72O7Si3. The highest BCUT2D eigenvalue weighted by Crippen LogP contribution is 2.42. The highest BCUT2D eigenvalue weighted by atomic mass is 28.4. The molecule has 0 aromatic heterocycles. The summed E-state index contributed by atoms with van der Waals surface area (Å²) < 4.78 is 33.7. The smallest absolute Gasteiger partial charge is 0.306 e. The first-order chi connectivity index (χ1) is 21.6. The first-order valence-electron chi connectivity index (χ1n) is 18.3. The van der Waals surface area contributed by atoms with E-state index in [0.29, 0.717) is 25.7 Å². The first-order valence-corrected chi connectivity index (χ1v) is 27.0. The van der Waals surface area contributed by atoms with E-state index in [1.54, 1.807) is 0 Å². The van der Waals surface area contributed by atoms with Gasteiger partial charge >= 0.3 is 5.97 Å². The Morgan fingerprint density at radius 2 is 1.33 bits per heavy atom. The van der Waals surface area contributed by atoms with Gasteiger partial charge in [0.1, 0.15) is 18.5 Å². The molecule has 1 fully saturated rings. The molecule has 0 spiro atoms. The van der Waals surface area contributed by atoms with Crippen molar-refractivity contribution >= 4 is 37.2 Å². The Morgan fingerprint density at radius 3 is 1.81 bits per heavy atom. The van der Waals surface area contributed by atoms with Crippen LogP contribution >= 0.6 is 0 Å². The van der Waals surface area contributed by atoms with Gasteiger partial charge in [0.05, 0.1) is 24.4 Å². The van der Waals surface area contributed by atoms with Crippen molar-refractivity contribution in [1.82, 2.24) is 0 Å². The van der Waals surface area contributed by atoms with Gasteiger partial charge in [-0.2, -0.15) is 0 Å². The van der Waals surface area contributed by atoms with Crippen molar-refractivity contribution in [2.45, 2.75) is 193 Å². The van der Waals surface area contributed by atoms with Crippen molar-refractivity contribution in [3.8, 4) is 0 Å². The summed E-state index contributed by atoms with van der Waals surface area (Å²) in [5, 5.41) is 0.0209. The summed E-state index contributed by atoms with van der Waals surface area (Å²) in [6, 6.07) is 0. The van der Waals surface area contributed by atoms with Gasteiger partial charge in [-0.15, -0.1) is 0 Å². The Kier molecular flexibility index (Phi) is 14.6. The number of aldehydes is 1. The molecule has 0 N–H and O–H groups in total. The van der Waals surface area contributed by atoms with Gasteiger partial charge in [0.15, 0.2) is 25.0 Å². The van der Waals surface area contributed by atoms with Crippen LogP contribution < -0.4 is 0 Å². The topological polar surface area (TPSA) is 83.6 Å². The lowest BCUT2D eigenvalue weighted by atomic mass is 9.97. The predicted octanol–water partition coefficient (Wildman–Crippen LogP) is 9.99. The maximum Gasteiger partial charge on any atom is 0.306 e. The summed E-state index contributed by atoms with van der Waals surface area (Å²) in [5.41, 5.74) is 0. The minimum atomic E-state index is -2.25. The van der Waals surface area contributed by atoms with E-state index < -0.39 is 37.2 Å². The van der Waals surface area contributed by atoms with Crippen LogP contribution in [0.5, 0.6) is 0 Å². The molecule has 7 nitrogen and oxygen atoms in total. The Labute approximate surface area is 297 Å². The van der Waals surface area contributed by atoms with E-state index in [9.17, 15) is 9.59 Å². The van der Waals surface area contributed by atoms with Crippen LogP contribution in [0.15, 0.2) is 24.3 Å². The van der Waals surface area contributed by atoms with Crippen LogP contribution in [-0.4, -0.2) is 73.8 Å². The summed E-state index contributed by atoms with van der Waals surface area (Å²) in [7, 11) is -6.60. The first kappa shape index (κ1) is 43.3. The third kappa shape index (κ3) is 12.4. The quantitative estimate of drug-likeness (QED) is 0.0729. The number of carbonyl (C=O) groups is 2.